The van der Waals surface area contributed by atoms with Gasteiger partial charge in [-0.05, 0) is 17.5 Å². The van der Waals surface area contributed by atoms with Crippen LogP contribution in [0.4, 0.5) is 4.39 Å². The van der Waals surface area contributed by atoms with Crippen molar-refractivity contribution < 1.29 is 9.18 Å². The maximum absolute atomic E-state index is 13.5. The Bertz CT molecular complexity index is 792. The van der Waals surface area contributed by atoms with Crippen molar-refractivity contribution in [2.45, 2.75) is 6.54 Å². The van der Waals surface area contributed by atoms with Crippen LogP contribution < -0.4 is 5.32 Å². The molecule has 1 N–H and O–H groups in total. The normalized spacial score (nSPS) is 10.4. The molecular formula is C15H11FN4OS. The number of pyridine rings is 1. The Morgan fingerprint density at radius 1 is 1.23 bits per heavy atom. The summed E-state index contributed by atoms with van der Waals surface area (Å²) in [4.78, 5) is 24.2. The molecule has 0 aromatic carbocycles. The number of carbonyl (C=O) groups is 1. The van der Waals surface area contributed by atoms with Crippen LogP contribution in [-0.2, 0) is 6.54 Å². The molecule has 3 heterocycles. The molecule has 0 unspecified atom stereocenters. The average Bonchev–Trinajstić information content (AvgIpc) is 3.07. The molecule has 0 aliphatic rings. The molecule has 3 rings (SSSR count). The lowest BCUT2D eigenvalue weighted by molar-refractivity contribution is 0.0946. The first kappa shape index (κ1) is 14.3. The molecular weight excluding hydrogens is 303 g/mol. The summed E-state index contributed by atoms with van der Waals surface area (Å²) in [6.45, 7) is 0.166. The molecule has 0 bridgehead atoms. The zero-order chi connectivity index (χ0) is 15.4. The summed E-state index contributed by atoms with van der Waals surface area (Å²) >= 11 is 1.55. The van der Waals surface area contributed by atoms with Crippen molar-refractivity contribution in [3.05, 3.63) is 64.8 Å². The standard InChI is InChI=1S/C15H11FN4OS/c16-12-7-17-3-1-11(12)15(21)20-8-13-14(19-5-4-18-13)10-2-6-22-9-10/h1-7,9H,8H2,(H,20,21). The molecule has 0 atom stereocenters. The van der Waals surface area contributed by atoms with Gasteiger partial charge in [-0.25, -0.2) is 4.39 Å². The second-order valence-corrected chi connectivity index (χ2v) is 5.18. The van der Waals surface area contributed by atoms with Crippen LogP contribution >= 0.6 is 11.3 Å². The first-order valence-electron chi connectivity index (χ1n) is 6.46. The van der Waals surface area contributed by atoms with Crippen LogP contribution in [0.25, 0.3) is 11.3 Å². The highest BCUT2D eigenvalue weighted by Crippen LogP contribution is 2.22. The fraction of sp³-hybridized carbons (Fsp3) is 0.0667. The van der Waals surface area contributed by atoms with Crippen molar-refractivity contribution in [2.75, 3.05) is 0 Å². The third-order valence-electron chi connectivity index (χ3n) is 3.00. The highest BCUT2D eigenvalue weighted by Gasteiger charge is 2.13. The minimum absolute atomic E-state index is 0.0454. The minimum Gasteiger partial charge on any atom is -0.346 e. The van der Waals surface area contributed by atoms with E-state index in [-0.39, 0.29) is 12.1 Å². The van der Waals surface area contributed by atoms with Gasteiger partial charge in [0, 0.05) is 29.5 Å². The van der Waals surface area contributed by atoms with Crippen molar-refractivity contribution in [3.63, 3.8) is 0 Å². The van der Waals surface area contributed by atoms with E-state index in [0.717, 1.165) is 11.8 Å². The topological polar surface area (TPSA) is 67.8 Å². The van der Waals surface area contributed by atoms with Gasteiger partial charge in [0.2, 0.25) is 0 Å². The molecule has 7 heteroatoms. The summed E-state index contributed by atoms with van der Waals surface area (Å²) in [5.74, 6) is -1.17. The smallest absolute Gasteiger partial charge is 0.254 e. The maximum Gasteiger partial charge on any atom is 0.254 e. The lowest BCUT2D eigenvalue weighted by Crippen LogP contribution is -2.24. The molecule has 110 valence electrons. The van der Waals surface area contributed by atoms with Crippen molar-refractivity contribution in [3.8, 4) is 11.3 Å². The molecule has 1 amide bonds. The summed E-state index contributed by atoms with van der Waals surface area (Å²) in [7, 11) is 0. The lowest BCUT2D eigenvalue weighted by atomic mass is 10.2. The second-order valence-electron chi connectivity index (χ2n) is 4.40. The molecule has 0 aliphatic carbocycles. The molecule has 0 radical (unpaired) electrons. The minimum atomic E-state index is -0.655. The van der Waals surface area contributed by atoms with Crippen LogP contribution in [0.2, 0.25) is 0 Å². The number of thiophene rings is 1. The maximum atomic E-state index is 13.5. The van der Waals surface area contributed by atoms with Crippen LogP contribution in [0, 0.1) is 5.82 Å². The van der Waals surface area contributed by atoms with E-state index in [4.69, 9.17) is 0 Å². The van der Waals surface area contributed by atoms with E-state index >= 15 is 0 Å². The van der Waals surface area contributed by atoms with Gasteiger partial charge in [-0.1, -0.05) is 0 Å². The number of carbonyl (C=O) groups excluding carboxylic acids is 1. The zero-order valence-corrected chi connectivity index (χ0v) is 12.2. The summed E-state index contributed by atoms with van der Waals surface area (Å²) in [6.07, 6.45) is 5.54. The van der Waals surface area contributed by atoms with E-state index in [2.05, 4.69) is 20.3 Å². The Hall–Kier alpha value is -2.67. The van der Waals surface area contributed by atoms with E-state index in [1.807, 2.05) is 16.8 Å². The van der Waals surface area contributed by atoms with E-state index in [1.165, 1.54) is 12.3 Å². The largest absolute Gasteiger partial charge is 0.346 e. The molecule has 5 nitrogen and oxygen atoms in total. The average molecular weight is 314 g/mol. The van der Waals surface area contributed by atoms with Gasteiger partial charge in [-0.2, -0.15) is 11.3 Å². The van der Waals surface area contributed by atoms with Gasteiger partial charge in [-0.3, -0.25) is 19.7 Å². The molecule has 22 heavy (non-hydrogen) atoms. The summed E-state index contributed by atoms with van der Waals surface area (Å²) in [6, 6.07) is 3.27. The van der Waals surface area contributed by atoms with Crippen molar-refractivity contribution in [1.29, 1.82) is 0 Å². The Labute approximate surface area is 129 Å². The fourth-order valence-electron chi connectivity index (χ4n) is 1.96. The van der Waals surface area contributed by atoms with Crippen LogP contribution in [0.5, 0.6) is 0 Å². The monoisotopic (exact) mass is 314 g/mol. The number of halogens is 1. The van der Waals surface area contributed by atoms with Crippen LogP contribution in [0.1, 0.15) is 16.1 Å². The second kappa shape index (κ2) is 6.40. The van der Waals surface area contributed by atoms with Crippen molar-refractivity contribution in [1.82, 2.24) is 20.3 Å². The molecule has 0 aliphatic heterocycles. The fourth-order valence-corrected chi connectivity index (χ4v) is 2.60. The Kier molecular flexibility index (Phi) is 4.15. The predicted molar refractivity (Wildman–Crippen MR) is 80.7 cm³/mol. The quantitative estimate of drug-likeness (QED) is 0.804. The number of amides is 1. The van der Waals surface area contributed by atoms with Crippen molar-refractivity contribution in [2.24, 2.45) is 0 Å². The molecule has 3 aromatic heterocycles. The number of aromatic nitrogens is 3. The van der Waals surface area contributed by atoms with Crippen LogP contribution in [0.15, 0.2) is 47.7 Å². The van der Waals surface area contributed by atoms with Crippen LogP contribution in [0.3, 0.4) is 0 Å². The van der Waals surface area contributed by atoms with Crippen LogP contribution in [-0.4, -0.2) is 20.9 Å². The van der Waals surface area contributed by atoms with Gasteiger partial charge < -0.3 is 5.32 Å². The number of nitrogens with one attached hydrogen (secondary N) is 1. The molecule has 0 spiro atoms. The van der Waals surface area contributed by atoms with Gasteiger partial charge in [-0.15, -0.1) is 0 Å². The Morgan fingerprint density at radius 2 is 2.09 bits per heavy atom. The number of hydrogen-bond donors (Lipinski definition) is 1. The van der Waals surface area contributed by atoms with Gasteiger partial charge in [0.05, 0.1) is 29.7 Å². The van der Waals surface area contributed by atoms with E-state index in [1.54, 1.807) is 23.7 Å². The van der Waals surface area contributed by atoms with E-state index < -0.39 is 11.7 Å². The highest BCUT2D eigenvalue weighted by molar-refractivity contribution is 7.08. The summed E-state index contributed by atoms with van der Waals surface area (Å²) in [5, 5.41) is 6.55. The zero-order valence-electron chi connectivity index (χ0n) is 11.4. The summed E-state index contributed by atoms with van der Waals surface area (Å²) < 4.78 is 13.5. The molecule has 0 fully saturated rings. The SMILES string of the molecule is O=C(NCc1nccnc1-c1ccsc1)c1ccncc1F. The Morgan fingerprint density at radius 3 is 2.86 bits per heavy atom. The third-order valence-corrected chi connectivity index (χ3v) is 3.69. The molecule has 3 aromatic rings. The van der Waals surface area contributed by atoms with Gasteiger partial charge >= 0.3 is 0 Å². The first-order chi connectivity index (χ1) is 10.8. The number of nitrogens with zero attached hydrogens (tertiary/aromatic N) is 3. The van der Waals surface area contributed by atoms with Crippen molar-refractivity contribution >= 4 is 17.2 Å². The predicted octanol–water partition coefficient (Wildman–Crippen LogP) is 2.67. The highest BCUT2D eigenvalue weighted by atomic mass is 32.1. The van der Waals surface area contributed by atoms with Gasteiger partial charge in [0.1, 0.15) is 0 Å². The summed E-state index contributed by atoms with van der Waals surface area (Å²) in [5.41, 5.74) is 2.23. The lowest BCUT2D eigenvalue weighted by Gasteiger charge is -2.08. The third kappa shape index (κ3) is 2.99. The van der Waals surface area contributed by atoms with Gasteiger partial charge in [0.15, 0.2) is 5.82 Å². The number of hydrogen-bond acceptors (Lipinski definition) is 5. The Balaban J connectivity index is 1.78. The molecule has 0 saturated carbocycles. The number of rotatable bonds is 4. The molecule has 0 saturated heterocycles. The van der Waals surface area contributed by atoms with E-state index in [0.29, 0.717) is 11.4 Å². The van der Waals surface area contributed by atoms with Gasteiger partial charge in [0.25, 0.3) is 5.91 Å². The van der Waals surface area contributed by atoms with E-state index in [9.17, 15) is 9.18 Å². The first-order valence-corrected chi connectivity index (χ1v) is 7.40.